The van der Waals surface area contributed by atoms with E-state index in [9.17, 15) is 13.2 Å². The number of alkyl halides is 3. The molecule has 182 valence electrons. The predicted molar refractivity (Wildman–Crippen MR) is 123 cm³/mol. The van der Waals surface area contributed by atoms with E-state index in [1.807, 2.05) is 0 Å². The highest BCUT2D eigenvalue weighted by molar-refractivity contribution is 5.62. The summed E-state index contributed by atoms with van der Waals surface area (Å²) in [6.07, 6.45) is -3.16. The minimum atomic E-state index is -4.63. The number of benzene rings is 2. The quantitative estimate of drug-likeness (QED) is 0.351. The van der Waals surface area contributed by atoms with Crippen molar-refractivity contribution in [1.82, 2.24) is 19.7 Å². The van der Waals surface area contributed by atoms with Gasteiger partial charge in [0.2, 0.25) is 5.95 Å². The summed E-state index contributed by atoms with van der Waals surface area (Å²) in [5, 5.41) is 9.66. The largest absolute Gasteiger partial charge is 0.497 e. The van der Waals surface area contributed by atoms with Crippen LogP contribution in [0, 0.1) is 0 Å². The zero-order valence-electron chi connectivity index (χ0n) is 18.9. The Hall–Kier alpha value is -4.48. The lowest BCUT2D eigenvalue weighted by molar-refractivity contribution is -0.141. The number of hydrogen-bond donors (Lipinski definition) is 2. The minimum absolute atomic E-state index is 0.0678. The number of hydrogen-bond acceptors (Lipinski definition) is 8. The summed E-state index contributed by atoms with van der Waals surface area (Å²) in [5.41, 5.74) is -0.0162. The maximum atomic E-state index is 13.4. The van der Waals surface area contributed by atoms with E-state index < -0.39 is 11.9 Å². The van der Waals surface area contributed by atoms with Gasteiger partial charge in [0.05, 0.1) is 27.0 Å². The van der Waals surface area contributed by atoms with E-state index in [1.54, 1.807) is 42.5 Å². The molecular formula is C23H21F3N6O3. The zero-order chi connectivity index (χ0) is 25.0. The van der Waals surface area contributed by atoms with Gasteiger partial charge in [-0.25, -0.2) is 9.67 Å². The van der Waals surface area contributed by atoms with Crippen molar-refractivity contribution in [3.8, 4) is 22.9 Å². The van der Waals surface area contributed by atoms with E-state index in [2.05, 4.69) is 25.7 Å². The van der Waals surface area contributed by atoms with Crippen LogP contribution in [-0.4, -0.2) is 41.1 Å². The lowest BCUT2D eigenvalue weighted by Gasteiger charge is -2.12. The van der Waals surface area contributed by atoms with E-state index in [0.29, 0.717) is 28.6 Å². The van der Waals surface area contributed by atoms with Gasteiger partial charge in [0.25, 0.3) is 0 Å². The lowest BCUT2D eigenvalue weighted by Crippen LogP contribution is -2.08. The van der Waals surface area contributed by atoms with Gasteiger partial charge in [0.15, 0.2) is 17.2 Å². The summed E-state index contributed by atoms with van der Waals surface area (Å²) in [6.45, 7) is 0. The Labute approximate surface area is 198 Å². The maximum absolute atomic E-state index is 13.4. The highest BCUT2D eigenvalue weighted by atomic mass is 19.4. The van der Waals surface area contributed by atoms with Crippen molar-refractivity contribution in [2.45, 2.75) is 6.18 Å². The molecule has 4 aromatic rings. The number of ether oxygens (including phenoxy) is 3. The van der Waals surface area contributed by atoms with E-state index in [4.69, 9.17) is 14.2 Å². The first-order valence-electron chi connectivity index (χ1n) is 10.2. The Balaban J connectivity index is 1.63. The first kappa shape index (κ1) is 23.7. The van der Waals surface area contributed by atoms with Gasteiger partial charge in [-0.2, -0.15) is 23.3 Å². The number of aromatic nitrogens is 4. The summed E-state index contributed by atoms with van der Waals surface area (Å²) >= 11 is 0. The van der Waals surface area contributed by atoms with Crippen molar-refractivity contribution in [2.24, 2.45) is 0 Å². The van der Waals surface area contributed by atoms with E-state index >= 15 is 0 Å². The van der Waals surface area contributed by atoms with Crippen molar-refractivity contribution in [3.05, 3.63) is 66.5 Å². The number of methoxy groups -OCH3 is 3. The molecule has 4 rings (SSSR count). The van der Waals surface area contributed by atoms with Crippen LogP contribution in [-0.2, 0) is 6.18 Å². The van der Waals surface area contributed by atoms with Crippen LogP contribution in [0.1, 0.15) is 5.69 Å². The molecule has 0 fully saturated rings. The number of nitrogens with one attached hydrogen (secondary N) is 2. The first-order valence-corrected chi connectivity index (χ1v) is 10.2. The Morgan fingerprint density at radius 3 is 2.23 bits per heavy atom. The Morgan fingerprint density at radius 2 is 1.57 bits per heavy atom. The van der Waals surface area contributed by atoms with Gasteiger partial charge in [-0.05, 0) is 42.5 Å². The van der Waals surface area contributed by atoms with Crippen molar-refractivity contribution < 1.29 is 27.4 Å². The van der Waals surface area contributed by atoms with Crippen LogP contribution in [0.5, 0.6) is 17.2 Å². The van der Waals surface area contributed by atoms with Gasteiger partial charge < -0.3 is 24.8 Å². The molecule has 2 aromatic carbocycles. The predicted octanol–water partition coefficient (Wildman–Crippen LogP) is 5.19. The second-order valence-corrected chi connectivity index (χ2v) is 7.11. The summed E-state index contributed by atoms with van der Waals surface area (Å²) in [4.78, 5) is 8.52. The zero-order valence-corrected chi connectivity index (χ0v) is 18.9. The van der Waals surface area contributed by atoms with Crippen LogP contribution >= 0.6 is 0 Å². The first-order chi connectivity index (χ1) is 16.8. The lowest BCUT2D eigenvalue weighted by atomic mass is 10.3. The number of anilines is 4. The molecule has 0 saturated carbocycles. The van der Waals surface area contributed by atoms with E-state index in [-0.39, 0.29) is 17.6 Å². The third-order valence-corrected chi connectivity index (χ3v) is 4.87. The van der Waals surface area contributed by atoms with E-state index in [1.165, 1.54) is 33.6 Å². The van der Waals surface area contributed by atoms with Gasteiger partial charge in [-0.1, -0.05) is 0 Å². The summed E-state index contributed by atoms with van der Waals surface area (Å²) < 4.78 is 57.0. The molecule has 0 aliphatic heterocycles. The van der Waals surface area contributed by atoms with Gasteiger partial charge in [0, 0.05) is 24.0 Å². The molecule has 0 unspecified atom stereocenters. The van der Waals surface area contributed by atoms with Crippen LogP contribution in [0.3, 0.4) is 0 Å². The molecule has 12 heteroatoms. The normalized spacial score (nSPS) is 11.1. The van der Waals surface area contributed by atoms with Crippen molar-refractivity contribution >= 4 is 23.3 Å². The topological polar surface area (TPSA) is 95.4 Å². The fourth-order valence-corrected chi connectivity index (χ4v) is 3.19. The standard InChI is InChI=1S/C23H21F3N6O3/c1-33-16-7-5-15(6-8-16)32-21(13-19(31-32)23(24,25)26)29-20-10-11-27-22(30-20)28-14-4-9-17(34-2)18(12-14)35-3/h4-13H,1-3H3,(H2,27,28,29,30). The summed E-state index contributed by atoms with van der Waals surface area (Å²) in [7, 11) is 4.55. The Kier molecular flexibility index (Phi) is 6.62. The molecule has 0 radical (unpaired) electrons. The van der Waals surface area contributed by atoms with Gasteiger partial charge in [-0.3, -0.25) is 0 Å². The molecule has 2 N–H and O–H groups in total. The smallest absolute Gasteiger partial charge is 0.435 e. The second kappa shape index (κ2) is 9.79. The Morgan fingerprint density at radius 1 is 0.829 bits per heavy atom. The molecule has 9 nitrogen and oxygen atoms in total. The van der Waals surface area contributed by atoms with E-state index in [0.717, 1.165) is 10.7 Å². The molecule has 2 aromatic heterocycles. The molecule has 0 aliphatic rings. The maximum Gasteiger partial charge on any atom is 0.435 e. The molecule has 0 atom stereocenters. The van der Waals surface area contributed by atoms with Gasteiger partial charge >= 0.3 is 6.18 Å². The average molecular weight is 486 g/mol. The highest BCUT2D eigenvalue weighted by Gasteiger charge is 2.35. The molecule has 0 spiro atoms. The van der Waals surface area contributed by atoms with Gasteiger partial charge in [0.1, 0.15) is 17.4 Å². The van der Waals surface area contributed by atoms with Crippen LogP contribution < -0.4 is 24.8 Å². The summed E-state index contributed by atoms with van der Waals surface area (Å²) in [5.74, 6) is 2.17. The van der Waals surface area contributed by atoms with Crippen LogP contribution in [0.2, 0.25) is 0 Å². The van der Waals surface area contributed by atoms with Crippen molar-refractivity contribution in [3.63, 3.8) is 0 Å². The Bertz CT molecular complexity index is 1310. The summed E-state index contributed by atoms with van der Waals surface area (Å²) in [6, 6.07) is 14.1. The van der Waals surface area contributed by atoms with Crippen LogP contribution in [0.25, 0.3) is 5.69 Å². The molecule has 0 aliphatic carbocycles. The molecule has 35 heavy (non-hydrogen) atoms. The second-order valence-electron chi connectivity index (χ2n) is 7.11. The SMILES string of the molecule is COc1ccc(-n2nc(C(F)(F)F)cc2Nc2ccnc(Nc3ccc(OC)c(OC)c3)n2)cc1. The fourth-order valence-electron chi connectivity index (χ4n) is 3.19. The minimum Gasteiger partial charge on any atom is -0.497 e. The fraction of sp³-hybridized carbons (Fsp3) is 0.174. The molecular weight excluding hydrogens is 465 g/mol. The van der Waals surface area contributed by atoms with Gasteiger partial charge in [-0.15, -0.1) is 0 Å². The molecule has 2 heterocycles. The highest BCUT2D eigenvalue weighted by Crippen LogP contribution is 2.33. The number of halogens is 3. The van der Waals surface area contributed by atoms with Crippen molar-refractivity contribution in [1.29, 1.82) is 0 Å². The molecule has 0 saturated heterocycles. The number of nitrogens with zero attached hydrogens (tertiary/aromatic N) is 4. The third kappa shape index (κ3) is 5.37. The number of rotatable bonds is 8. The average Bonchev–Trinajstić information content (AvgIpc) is 3.28. The third-order valence-electron chi connectivity index (χ3n) is 4.87. The molecule has 0 amide bonds. The monoisotopic (exact) mass is 486 g/mol. The van der Waals surface area contributed by atoms with Crippen LogP contribution in [0.4, 0.5) is 36.4 Å². The van der Waals surface area contributed by atoms with Crippen LogP contribution in [0.15, 0.2) is 60.8 Å². The van der Waals surface area contributed by atoms with Crippen molar-refractivity contribution in [2.75, 3.05) is 32.0 Å². The molecule has 0 bridgehead atoms.